The topological polar surface area (TPSA) is 156 Å². The highest BCUT2D eigenvalue weighted by molar-refractivity contribution is 7.81. The summed E-state index contributed by atoms with van der Waals surface area (Å²) in [4.78, 5) is 0. The molecular formula is C60H129N6O9P3. The zero-order valence-corrected chi connectivity index (χ0v) is 54.7. The highest BCUT2D eigenvalue weighted by Crippen LogP contribution is 2.75. The SMILES string of the molecule is CCCCCCCCCCCCNP1(OCCOCCOCCCC)=NP(NCCCCCCCCCCCC)(OCCOCCOCCCC)=NP(NCCCCCCCCCCCC)(OCCOCCOCCCC)=N1. The number of ether oxygens (including phenoxy) is 6. The Bertz CT molecular complexity index is 1250. The van der Waals surface area contributed by atoms with Gasteiger partial charge in [-0.05, 0) is 38.5 Å². The second-order valence-electron chi connectivity index (χ2n) is 21.4. The molecule has 468 valence electrons. The third kappa shape index (κ3) is 46.6. The van der Waals surface area contributed by atoms with Gasteiger partial charge in [-0.15, -0.1) is 0 Å². The van der Waals surface area contributed by atoms with Crippen molar-refractivity contribution in [3.63, 3.8) is 0 Å². The smallest absolute Gasteiger partial charge is 0.281 e. The summed E-state index contributed by atoms with van der Waals surface area (Å²) in [6.45, 7) is 23.0. The Kier molecular flexibility index (Phi) is 57.6. The van der Waals surface area contributed by atoms with Gasteiger partial charge in [-0.1, -0.05) is 234 Å². The normalized spacial score (nSPS) is 18.4. The van der Waals surface area contributed by atoms with Gasteiger partial charge in [0.2, 0.25) is 0 Å². The van der Waals surface area contributed by atoms with Gasteiger partial charge in [0, 0.05) is 39.5 Å². The lowest BCUT2D eigenvalue weighted by molar-refractivity contribution is 0.0356. The van der Waals surface area contributed by atoms with Crippen molar-refractivity contribution in [1.82, 2.24) is 15.3 Å². The van der Waals surface area contributed by atoms with E-state index >= 15 is 0 Å². The summed E-state index contributed by atoms with van der Waals surface area (Å²) in [5, 5.41) is 11.7. The number of nitrogens with zero attached hydrogens (tertiary/aromatic N) is 3. The standard InChI is InChI=1S/C60H129N6O9P3/c1-7-13-19-22-25-28-31-34-37-40-43-61-76(73-58-55-70-52-49-67-46-16-10-4)64-77(74-59-56-71-53-50-68-47-17-11-5,62-44-41-38-35-32-29-26-23-20-14-8-2)66-78(65-76,75-60-57-72-54-51-69-48-18-12-6)63-45-42-39-36-33-30-27-24-21-15-9-3/h61-63H,7-60H2,1-6H3. The van der Waals surface area contributed by atoms with Crippen LogP contribution >= 0.6 is 22.7 Å². The predicted octanol–water partition coefficient (Wildman–Crippen LogP) is 18.9. The van der Waals surface area contributed by atoms with Crippen LogP contribution in [0.15, 0.2) is 13.5 Å². The maximum Gasteiger partial charge on any atom is 0.281 e. The van der Waals surface area contributed by atoms with Crippen LogP contribution in [-0.4, -0.2) is 119 Å². The molecule has 78 heavy (non-hydrogen) atoms. The predicted molar refractivity (Wildman–Crippen MR) is 335 cm³/mol. The molecular weight excluding hydrogens is 1040 g/mol. The molecule has 0 amide bonds. The first kappa shape index (κ1) is 76.2. The maximum absolute atomic E-state index is 7.08. The first-order valence-electron chi connectivity index (χ1n) is 33.1. The lowest BCUT2D eigenvalue weighted by Gasteiger charge is -2.35. The first-order chi connectivity index (χ1) is 38.5. The Morgan fingerprint density at radius 3 is 0.603 bits per heavy atom. The number of unbranched alkanes of at least 4 members (excludes halogenated alkanes) is 30. The van der Waals surface area contributed by atoms with E-state index in [2.05, 4.69) is 56.8 Å². The van der Waals surface area contributed by atoms with Crippen molar-refractivity contribution in [3.8, 4) is 0 Å². The molecule has 0 spiro atoms. The molecule has 3 N–H and O–H groups in total. The summed E-state index contributed by atoms with van der Waals surface area (Å²) in [5.41, 5.74) is 0. The molecule has 0 atom stereocenters. The molecule has 0 aromatic heterocycles. The number of hydrogen-bond acceptors (Lipinski definition) is 15. The molecule has 0 aromatic carbocycles. The zero-order chi connectivity index (χ0) is 56.3. The van der Waals surface area contributed by atoms with Crippen LogP contribution in [0.1, 0.15) is 273 Å². The molecule has 1 aliphatic rings. The molecule has 1 aliphatic heterocycles. The summed E-state index contributed by atoms with van der Waals surface area (Å²) in [6.07, 6.45) is 44.3. The number of nitrogens with one attached hydrogen (secondary N) is 3. The summed E-state index contributed by atoms with van der Waals surface area (Å²) >= 11 is 0. The lowest BCUT2D eigenvalue weighted by Crippen LogP contribution is -2.23. The highest BCUT2D eigenvalue weighted by Gasteiger charge is 2.40. The van der Waals surface area contributed by atoms with E-state index in [0.29, 0.717) is 98.9 Å². The fraction of sp³-hybridized carbons (Fsp3) is 1.00. The van der Waals surface area contributed by atoms with Gasteiger partial charge in [-0.25, -0.2) is 15.3 Å². The molecule has 0 aromatic rings. The van der Waals surface area contributed by atoms with Crippen LogP contribution in [0.25, 0.3) is 0 Å². The largest absolute Gasteiger partial charge is 0.379 e. The molecule has 0 fully saturated rings. The molecule has 0 aliphatic carbocycles. The molecule has 0 bridgehead atoms. The first-order valence-corrected chi connectivity index (χ1v) is 37.9. The van der Waals surface area contributed by atoms with Gasteiger partial charge >= 0.3 is 0 Å². The van der Waals surface area contributed by atoms with Crippen LogP contribution in [0.2, 0.25) is 0 Å². The van der Waals surface area contributed by atoms with Gasteiger partial charge < -0.3 is 42.0 Å². The minimum atomic E-state index is -3.20. The van der Waals surface area contributed by atoms with Gasteiger partial charge in [0.05, 0.1) is 79.3 Å². The van der Waals surface area contributed by atoms with E-state index in [1.54, 1.807) is 0 Å². The molecule has 0 saturated heterocycles. The Hall–Kier alpha value is 0.210. The molecule has 1 rings (SSSR count). The minimum Gasteiger partial charge on any atom is -0.379 e. The van der Waals surface area contributed by atoms with Crippen molar-refractivity contribution in [2.24, 2.45) is 13.5 Å². The van der Waals surface area contributed by atoms with Crippen molar-refractivity contribution >= 4 is 22.7 Å². The molecule has 15 nitrogen and oxygen atoms in total. The van der Waals surface area contributed by atoms with Gasteiger partial charge in [0.25, 0.3) is 22.7 Å². The van der Waals surface area contributed by atoms with Gasteiger partial charge in [-0.3, -0.25) is 0 Å². The maximum atomic E-state index is 7.08. The Labute approximate surface area is 483 Å². The van der Waals surface area contributed by atoms with Crippen LogP contribution in [0.5, 0.6) is 0 Å². The van der Waals surface area contributed by atoms with Crippen molar-refractivity contribution < 1.29 is 42.0 Å². The van der Waals surface area contributed by atoms with E-state index in [-0.39, 0.29) is 0 Å². The quantitative estimate of drug-likeness (QED) is 0.0392. The van der Waals surface area contributed by atoms with Crippen molar-refractivity contribution in [2.75, 3.05) is 119 Å². The minimum absolute atomic E-state index is 0.305. The van der Waals surface area contributed by atoms with Crippen LogP contribution in [-0.2, 0) is 42.0 Å². The van der Waals surface area contributed by atoms with E-state index in [1.807, 2.05) is 0 Å². The third-order valence-electron chi connectivity index (χ3n) is 13.8. The molecule has 0 unspecified atom stereocenters. The molecule has 0 saturated carbocycles. The van der Waals surface area contributed by atoms with Crippen molar-refractivity contribution in [1.29, 1.82) is 0 Å². The second-order valence-corrected chi connectivity index (χ2v) is 28.5. The van der Waals surface area contributed by atoms with E-state index in [1.165, 1.54) is 154 Å². The van der Waals surface area contributed by atoms with Crippen molar-refractivity contribution in [3.05, 3.63) is 0 Å². The third-order valence-corrected chi connectivity index (χ3v) is 23.2. The lowest BCUT2D eigenvalue weighted by atomic mass is 10.1. The van der Waals surface area contributed by atoms with E-state index in [0.717, 1.165) is 96.9 Å². The van der Waals surface area contributed by atoms with Crippen LogP contribution in [0.4, 0.5) is 0 Å². The van der Waals surface area contributed by atoms with Crippen LogP contribution in [0.3, 0.4) is 0 Å². The Morgan fingerprint density at radius 1 is 0.205 bits per heavy atom. The highest BCUT2D eigenvalue weighted by atomic mass is 31.3. The summed E-state index contributed by atoms with van der Waals surface area (Å²) < 4.78 is 74.1. The van der Waals surface area contributed by atoms with Crippen LogP contribution < -0.4 is 15.3 Å². The van der Waals surface area contributed by atoms with E-state index < -0.39 is 22.7 Å². The second kappa shape index (κ2) is 59.0. The summed E-state index contributed by atoms with van der Waals surface area (Å²) in [6, 6.07) is 0. The summed E-state index contributed by atoms with van der Waals surface area (Å²) in [5.74, 6) is 0. The molecule has 1 heterocycles. The van der Waals surface area contributed by atoms with Gasteiger partial charge in [-0.2, -0.15) is 13.5 Å². The van der Waals surface area contributed by atoms with Gasteiger partial charge in [0.15, 0.2) is 0 Å². The van der Waals surface area contributed by atoms with E-state index in [9.17, 15) is 0 Å². The Balaban J connectivity index is 3.69. The number of hydrogen-bond donors (Lipinski definition) is 3. The average molecular weight is 1170 g/mol. The summed E-state index contributed by atoms with van der Waals surface area (Å²) in [7, 11) is -9.61. The van der Waals surface area contributed by atoms with Crippen molar-refractivity contribution in [2.45, 2.75) is 273 Å². The monoisotopic (exact) mass is 1170 g/mol. The fourth-order valence-corrected chi connectivity index (χ4v) is 19.6. The Morgan fingerprint density at radius 2 is 0.385 bits per heavy atom. The zero-order valence-electron chi connectivity index (χ0n) is 52.0. The fourth-order valence-electron chi connectivity index (χ4n) is 8.92. The van der Waals surface area contributed by atoms with Gasteiger partial charge in [0.1, 0.15) is 0 Å². The average Bonchev–Trinajstić information content (AvgIpc) is 3.45. The number of rotatable bonds is 66. The molecule has 18 heteroatoms. The molecule has 0 radical (unpaired) electrons. The van der Waals surface area contributed by atoms with E-state index in [4.69, 9.17) is 55.5 Å². The van der Waals surface area contributed by atoms with Crippen LogP contribution in [0, 0.1) is 0 Å².